The van der Waals surface area contributed by atoms with E-state index in [1.807, 2.05) is 24.3 Å². The lowest BCUT2D eigenvalue weighted by molar-refractivity contribution is -0.130. The van der Waals surface area contributed by atoms with Gasteiger partial charge in [-0.2, -0.15) is 5.26 Å². The van der Waals surface area contributed by atoms with Crippen molar-refractivity contribution in [3.63, 3.8) is 0 Å². The molecule has 4 bridgehead atoms. The monoisotopic (exact) mass is 377 g/mol. The lowest BCUT2D eigenvalue weighted by atomic mass is 9.54. The van der Waals surface area contributed by atoms with Gasteiger partial charge in [-0.3, -0.25) is 9.69 Å². The predicted molar refractivity (Wildman–Crippen MR) is 108 cm³/mol. The first-order chi connectivity index (χ1) is 13.7. The molecule has 4 heteroatoms. The molecule has 1 unspecified atom stereocenters. The van der Waals surface area contributed by atoms with Crippen molar-refractivity contribution >= 4 is 5.91 Å². The number of nitriles is 1. The fourth-order valence-corrected chi connectivity index (χ4v) is 6.80. The predicted octanol–water partition coefficient (Wildman–Crippen LogP) is 3.71. The van der Waals surface area contributed by atoms with Gasteiger partial charge in [-0.15, -0.1) is 0 Å². The Bertz CT molecular complexity index is 737. The summed E-state index contributed by atoms with van der Waals surface area (Å²) in [4.78, 5) is 15.5. The van der Waals surface area contributed by atoms with Crippen molar-refractivity contribution in [1.82, 2.24) is 10.2 Å². The Balaban J connectivity index is 1.18. The average Bonchev–Trinajstić information content (AvgIpc) is 2.71. The second-order valence-electron chi connectivity index (χ2n) is 9.85. The van der Waals surface area contributed by atoms with E-state index in [0.29, 0.717) is 17.5 Å². The number of nitrogens with one attached hydrogen (secondary N) is 1. The van der Waals surface area contributed by atoms with E-state index in [9.17, 15) is 4.79 Å². The Morgan fingerprint density at radius 3 is 2.39 bits per heavy atom. The van der Waals surface area contributed by atoms with Crippen LogP contribution in [0.1, 0.15) is 56.1 Å². The molecule has 4 aliphatic carbocycles. The van der Waals surface area contributed by atoms with Gasteiger partial charge in [0, 0.05) is 19.1 Å². The van der Waals surface area contributed by atoms with Crippen molar-refractivity contribution < 1.29 is 4.79 Å². The second-order valence-corrected chi connectivity index (χ2v) is 9.85. The van der Waals surface area contributed by atoms with E-state index in [-0.39, 0.29) is 5.92 Å². The second kappa shape index (κ2) is 7.52. The number of carbonyl (C=O) groups excluding carboxylic acids is 1. The summed E-state index contributed by atoms with van der Waals surface area (Å²) in [7, 11) is 0. The topological polar surface area (TPSA) is 56.1 Å². The standard InChI is InChI=1S/C24H31N3O/c25-13-16-3-5-17(6-4-16)14-27-7-1-2-20(15-27)24(28)26-23-21-9-18-8-19(11-21)12-22(23)10-18/h3-6,18-23H,1-2,7-12,14-15H2,(H,26,28). The number of carbonyl (C=O) groups is 1. The van der Waals surface area contributed by atoms with Crippen LogP contribution in [0.15, 0.2) is 24.3 Å². The Kier molecular flexibility index (Phi) is 4.88. The maximum absolute atomic E-state index is 13.1. The van der Waals surface area contributed by atoms with Crippen LogP contribution in [-0.2, 0) is 11.3 Å². The Morgan fingerprint density at radius 1 is 1.07 bits per heavy atom. The van der Waals surface area contributed by atoms with Crippen LogP contribution < -0.4 is 5.32 Å². The Labute approximate surface area is 168 Å². The molecule has 1 atom stereocenters. The molecule has 5 fully saturated rings. The van der Waals surface area contributed by atoms with Crippen molar-refractivity contribution in [3.8, 4) is 6.07 Å². The van der Waals surface area contributed by atoms with Crippen LogP contribution in [0.4, 0.5) is 0 Å². The third kappa shape index (κ3) is 3.57. The molecule has 28 heavy (non-hydrogen) atoms. The largest absolute Gasteiger partial charge is 0.353 e. The molecule has 1 amide bonds. The lowest BCUT2D eigenvalue weighted by Gasteiger charge is -2.54. The first-order valence-electron chi connectivity index (χ1n) is 11.2. The van der Waals surface area contributed by atoms with Crippen molar-refractivity contribution in [2.45, 2.75) is 57.5 Å². The molecule has 6 rings (SSSR count). The van der Waals surface area contributed by atoms with Gasteiger partial charge in [0.15, 0.2) is 0 Å². The summed E-state index contributed by atoms with van der Waals surface area (Å²) in [6.45, 7) is 2.79. The van der Waals surface area contributed by atoms with Crippen LogP contribution in [0.3, 0.4) is 0 Å². The van der Waals surface area contributed by atoms with E-state index in [0.717, 1.165) is 56.1 Å². The van der Waals surface area contributed by atoms with Crippen LogP contribution in [0.25, 0.3) is 0 Å². The summed E-state index contributed by atoms with van der Waals surface area (Å²) in [5, 5.41) is 12.5. The van der Waals surface area contributed by atoms with E-state index in [4.69, 9.17) is 5.26 Å². The van der Waals surface area contributed by atoms with E-state index < -0.39 is 0 Å². The molecule has 148 valence electrons. The molecule has 1 saturated heterocycles. The molecule has 0 aromatic heterocycles. The summed E-state index contributed by atoms with van der Waals surface area (Å²) >= 11 is 0. The molecule has 0 radical (unpaired) electrons. The number of hydrogen-bond donors (Lipinski definition) is 1. The first-order valence-corrected chi connectivity index (χ1v) is 11.2. The highest BCUT2D eigenvalue weighted by Crippen LogP contribution is 2.53. The van der Waals surface area contributed by atoms with E-state index in [1.165, 1.54) is 37.7 Å². The van der Waals surface area contributed by atoms with Crippen LogP contribution in [0, 0.1) is 40.9 Å². The molecule has 1 N–H and O–H groups in total. The lowest BCUT2D eigenvalue weighted by Crippen LogP contribution is -2.57. The quantitative estimate of drug-likeness (QED) is 0.870. The molecule has 0 spiro atoms. The summed E-state index contributed by atoms with van der Waals surface area (Å²) in [5.74, 6) is 3.84. The van der Waals surface area contributed by atoms with Crippen molar-refractivity contribution in [3.05, 3.63) is 35.4 Å². The van der Waals surface area contributed by atoms with Gasteiger partial charge in [-0.1, -0.05) is 12.1 Å². The fraction of sp³-hybridized carbons (Fsp3) is 0.667. The molecule has 4 nitrogen and oxygen atoms in total. The number of nitrogens with zero attached hydrogens (tertiary/aromatic N) is 2. The zero-order valence-corrected chi connectivity index (χ0v) is 16.6. The number of benzene rings is 1. The third-order valence-corrected chi connectivity index (χ3v) is 7.90. The summed E-state index contributed by atoms with van der Waals surface area (Å²) < 4.78 is 0. The molecule has 1 aromatic rings. The fourth-order valence-electron chi connectivity index (χ4n) is 6.80. The molecule has 1 aromatic carbocycles. The zero-order chi connectivity index (χ0) is 19.1. The minimum atomic E-state index is 0.129. The van der Waals surface area contributed by atoms with E-state index in [1.54, 1.807) is 0 Å². The molecular weight excluding hydrogens is 346 g/mol. The van der Waals surface area contributed by atoms with Gasteiger partial charge in [0.05, 0.1) is 17.6 Å². The number of piperidine rings is 1. The van der Waals surface area contributed by atoms with E-state index >= 15 is 0 Å². The number of rotatable bonds is 4. The van der Waals surface area contributed by atoms with E-state index in [2.05, 4.69) is 16.3 Å². The van der Waals surface area contributed by atoms with Crippen molar-refractivity contribution in [1.29, 1.82) is 5.26 Å². The third-order valence-electron chi connectivity index (χ3n) is 7.90. The highest BCUT2D eigenvalue weighted by Gasteiger charge is 2.49. The Hall–Kier alpha value is -1.86. The molecule has 1 aliphatic heterocycles. The molecular formula is C24H31N3O. The van der Waals surface area contributed by atoms with Gasteiger partial charge in [0.25, 0.3) is 0 Å². The van der Waals surface area contributed by atoms with Gasteiger partial charge in [0.2, 0.25) is 5.91 Å². The highest BCUT2D eigenvalue weighted by molar-refractivity contribution is 5.79. The van der Waals surface area contributed by atoms with Crippen LogP contribution in [-0.4, -0.2) is 29.9 Å². The average molecular weight is 378 g/mol. The Morgan fingerprint density at radius 2 is 1.75 bits per heavy atom. The number of likely N-dealkylation sites (tertiary alicyclic amines) is 1. The van der Waals surface area contributed by atoms with Crippen molar-refractivity contribution in [2.75, 3.05) is 13.1 Å². The van der Waals surface area contributed by atoms with Gasteiger partial charge in [0.1, 0.15) is 0 Å². The first kappa shape index (κ1) is 18.2. The minimum absolute atomic E-state index is 0.129. The van der Waals surface area contributed by atoms with Gasteiger partial charge in [-0.25, -0.2) is 0 Å². The highest BCUT2D eigenvalue weighted by atomic mass is 16.2. The normalized spacial score (nSPS) is 36.8. The molecule has 5 aliphatic rings. The zero-order valence-electron chi connectivity index (χ0n) is 16.6. The number of hydrogen-bond acceptors (Lipinski definition) is 3. The van der Waals surface area contributed by atoms with Crippen LogP contribution in [0.5, 0.6) is 0 Å². The maximum atomic E-state index is 13.1. The minimum Gasteiger partial charge on any atom is -0.353 e. The summed E-state index contributed by atoms with van der Waals surface area (Å²) in [5.41, 5.74) is 1.93. The van der Waals surface area contributed by atoms with Crippen LogP contribution >= 0.6 is 0 Å². The number of amides is 1. The SMILES string of the molecule is N#Cc1ccc(CN2CCCC(C(=O)NC3C4CC5CC(C4)CC3C5)C2)cc1. The van der Waals surface area contributed by atoms with Crippen LogP contribution in [0.2, 0.25) is 0 Å². The molecule has 4 saturated carbocycles. The van der Waals surface area contributed by atoms with Gasteiger partial charge < -0.3 is 5.32 Å². The van der Waals surface area contributed by atoms with Gasteiger partial charge in [-0.05, 0) is 92.9 Å². The summed E-state index contributed by atoms with van der Waals surface area (Å²) in [6, 6.07) is 10.5. The van der Waals surface area contributed by atoms with Crippen molar-refractivity contribution in [2.24, 2.45) is 29.6 Å². The smallest absolute Gasteiger partial charge is 0.224 e. The summed E-state index contributed by atoms with van der Waals surface area (Å²) in [6.07, 6.45) is 8.99. The molecule has 1 heterocycles. The van der Waals surface area contributed by atoms with Gasteiger partial charge >= 0.3 is 0 Å². The maximum Gasteiger partial charge on any atom is 0.224 e.